The van der Waals surface area contributed by atoms with Gasteiger partial charge in [0, 0.05) is 0 Å². The molecule has 0 heteroatoms. The largest absolute Gasteiger partial charge is 0.0990 e. The first-order valence-electron chi connectivity index (χ1n) is 6.13. The van der Waals surface area contributed by atoms with Crippen LogP contribution in [-0.4, -0.2) is 0 Å². The minimum absolute atomic E-state index is 0.213. The molecule has 0 radical (unpaired) electrons. The van der Waals surface area contributed by atoms with Crippen LogP contribution in [0, 0.1) is 12.3 Å². The van der Waals surface area contributed by atoms with Crippen LogP contribution in [-0.2, 0) is 6.42 Å². The molecule has 0 unspecified atom stereocenters. The summed E-state index contributed by atoms with van der Waals surface area (Å²) in [7, 11) is 0. The van der Waals surface area contributed by atoms with E-state index in [1.165, 1.54) is 16.7 Å². The summed E-state index contributed by atoms with van der Waals surface area (Å²) >= 11 is 0. The number of rotatable bonds is 2. The molecular formula is C16H26. The fraction of sp³-hybridized carbons (Fsp3) is 0.500. The highest BCUT2D eigenvalue weighted by Gasteiger charge is 2.14. The normalized spacial score (nSPS) is 10.4. The lowest BCUT2D eigenvalue weighted by Crippen LogP contribution is -2.10. The maximum absolute atomic E-state index is 4.14. The van der Waals surface area contributed by atoms with Crippen molar-refractivity contribution >= 4 is 0 Å². The van der Waals surface area contributed by atoms with Gasteiger partial charge in [-0.1, -0.05) is 76.6 Å². The predicted molar refractivity (Wildman–Crippen MR) is 74.8 cm³/mol. The van der Waals surface area contributed by atoms with Crippen LogP contribution in [0.3, 0.4) is 0 Å². The Morgan fingerprint density at radius 3 is 1.88 bits per heavy atom. The van der Waals surface area contributed by atoms with Gasteiger partial charge in [-0.3, -0.25) is 0 Å². The second-order valence-electron chi connectivity index (χ2n) is 5.02. The molecule has 0 fully saturated rings. The second kappa shape index (κ2) is 6.52. The summed E-state index contributed by atoms with van der Waals surface area (Å²) in [4.78, 5) is 0. The van der Waals surface area contributed by atoms with Gasteiger partial charge in [-0.15, -0.1) is 0 Å². The van der Waals surface area contributed by atoms with E-state index in [9.17, 15) is 0 Å². The highest BCUT2D eigenvalue weighted by molar-refractivity contribution is 5.26. The maximum Gasteiger partial charge on any atom is -0.00646 e. The summed E-state index contributed by atoms with van der Waals surface area (Å²) in [6.07, 6.45) is 0.990. The molecular weight excluding hydrogens is 192 g/mol. The first-order valence-corrected chi connectivity index (χ1v) is 6.13. The zero-order valence-electron chi connectivity index (χ0n) is 11.7. The van der Waals surface area contributed by atoms with Gasteiger partial charge in [-0.2, -0.15) is 0 Å². The van der Waals surface area contributed by atoms with Crippen molar-refractivity contribution in [3.63, 3.8) is 0 Å². The first kappa shape index (κ1) is 15.0. The van der Waals surface area contributed by atoms with E-state index in [1.807, 2.05) is 13.8 Å². The molecule has 0 atom stereocenters. The third kappa shape index (κ3) is 5.16. The number of aryl methyl sites for hydroxylation is 1. The van der Waals surface area contributed by atoms with E-state index in [4.69, 9.17) is 0 Å². The van der Waals surface area contributed by atoms with Crippen LogP contribution in [0.2, 0.25) is 0 Å². The number of allylic oxidation sites excluding steroid dienone is 1. The first-order chi connectivity index (χ1) is 7.39. The van der Waals surface area contributed by atoms with Crippen molar-refractivity contribution in [2.45, 2.75) is 48.0 Å². The summed E-state index contributed by atoms with van der Waals surface area (Å²) in [6, 6.07) is 8.69. The van der Waals surface area contributed by atoms with Gasteiger partial charge in [0.05, 0.1) is 0 Å². The van der Waals surface area contributed by atoms with E-state index >= 15 is 0 Å². The van der Waals surface area contributed by atoms with Gasteiger partial charge in [0.15, 0.2) is 0 Å². The van der Waals surface area contributed by atoms with Gasteiger partial charge in [0.1, 0.15) is 0 Å². The van der Waals surface area contributed by atoms with Crippen molar-refractivity contribution in [2.75, 3.05) is 0 Å². The molecule has 0 N–H and O–H groups in total. The van der Waals surface area contributed by atoms with Gasteiger partial charge >= 0.3 is 0 Å². The molecule has 1 aromatic carbocycles. The fourth-order valence-electron chi connectivity index (χ4n) is 1.22. The maximum atomic E-state index is 4.14. The summed E-state index contributed by atoms with van der Waals surface area (Å²) in [6.45, 7) is 16.9. The van der Waals surface area contributed by atoms with E-state index in [-0.39, 0.29) is 5.41 Å². The molecule has 16 heavy (non-hydrogen) atoms. The zero-order valence-corrected chi connectivity index (χ0v) is 11.7. The van der Waals surface area contributed by atoms with Gasteiger partial charge < -0.3 is 0 Å². The van der Waals surface area contributed by atoms with Crippen LogP contribution in [0.1, 0.15) is 45.7 Å². The molecule has 0 saturated carbocycles. The smallest absolute Gasteiger partial charge is 0.00646 e. The standard InChI is InChI=1S/C14H20.C2H6/c1-11-6-8-13(9-7-11)10-12(2)14(3,4)5;1-2/h6-9H,2,10H2,1,3-5H3;1-2H3. The van der Waals surface area contributed by atoms with Crippen LogP contribution >= 0.6 is 0 Å². The van der Waals surface area contributed by atoms with E-state index in [2.05, 4.69) is 58.5 Å². The quantitative estimate of drug-likeness (QED) is 0.601. The Kier molecular flexibility index (Phi) is 6.10. The monoisotopic (exact) mass is 218 g/mol. The molecule has 0 aliphatic heterocycles. The van der Waals surface area contributed by atoms with Crippen molar-refractivity contribution in [1.29, 1.82) is 0 Å². The minimum atomic E-state index is 0.213. The van der Waals surface area contributed by atoms with E-state index in [0.29, 0.717) is 0 Å². The van der Waals surface area contributed by atoms with Crippen molar-refractivity contribution in [1.82, 2.24) is 0 Å². The minimum Gasteiger partial charge on any atom is -0.0990 e. The van der Waals surface area contributed by atoms with Crippen molar-refractivity contribution < 1.29 is 0 Å². The van der Waals surface area contributed by atoms with Crippen molar-refractivity contribution in [2.24, 2.45) is 5.41 Å². The van der Waals surface area contributed by atoms with Gasteiger partial charge in [0.25, 0.3) is 0 Å². The zero-order chi connectivity index (χ0) is 12.8. The number of hydrogen-bond acceptors (Lipinski definition) is 0. The summed E-state index contributed by atoms with van der Waals surface area (Å²) in [5, 5.41) is 0. The van der Waals surface area contributed by atoms with Gasteiger partial charge in [-0.25, -0.2) is 0 Å². The highest BCUT2D eigenvalue weighted by atomic mass is 14.2. The van der Waals surface area contributed by atoms with Crippen LogP contribution in [0.25, 0.3) is 0 Å². The van der Waals surface area contributed by atoms with Crippen LogP contribution in [0.5, 0.6) is 0 Å². The molecule has 0 amide bonds. The molecule has 0 heterocycles. The molecule has 0 spiro atoms. The van der Waals surface area contributed by atoms with Crippen molar-refractivity contribution in [3.8, 4) is 0 Å². The average Bonchev–Trinajstić information content (AvgIpc) is 2.23. The Morgan fingerprint density at radius 1 is 1.06 bits per heavy atom. The average molecular weight is 218 g/mol. The number of hydrogen-bond donors (Lipinski definition) is 0. The second-order valence-corrected chi connectivity index (χ2v) is 5.02. The summed E-state index contributed by atoms with van der Waals surface area (Å²) in [5.41, 5.74) is 4.18. The predicted octanol–water partition coefficient (Wildman–Crippen LogP) is 5.17. The fourth-order valence-corrected chi connectivity index (χ4v) is 1.22. The SMILES string of the molecule is C=C(Cc1ccc(C)cc1)C(C)(C)C.CC. The molecule has 0 saturated heterocycles. The Labute approximate surface area is 101 Å². The summed E-state index contributed by atoms with van der Waals surface area (Å²) < 4.78 is 0. The van der Waals surface area contributed by atoms with E-state index < -0.39 is 0 Å². The molecule has 0 aromatic heterocycles. The third-order valence-corrected chi connectivity index (χ3v) is 2.60. The van der Waals surface area contributed by atoms with Crippen molar-refractivity contribution in [3.05, 3.63) is 47.5 Å². The number of benzene rings is 1. The molecule has 0 aliphatic carbocycles. The lowest BCUT2D eigenvalue weighted by Gasteiger charge is -2.21. The van der Waals surface area contributed by atoms with Crippen LogP contribution < -0.4 is 0 Å². The van der Waals surface area contributed by atoms with Gasteiger partial charge in [0.2, 0.25) is 0 Å². The molecule has 1 rings (SSSR count). The van der Waals surface area contributed by atoms with E-state index in [0.717, 1.165) is 6.42 Å². The topological polar surface area (TPSA) is 0 Å². The van der Waals surface area contributed by atoms with Crippen LogP contribution in [0.15, 0.2) is 36.4 Å². The van der Waals surface area contributed by atoms with Gasteiger partial charge in [-0.05, 0) is 24.3 Å². The molecule has 0 nitrogen and oxygen atoms in total. The Bertz CT molecular complexity index is 309. The summed E-state index contributed by atoms with van der Waals surface area (Å²) in [5.74, 6) is 0. The molecule has 90 valence electrons. The van der Waals surface area contributed by atoms with Crippen LogP contribution in [0.4, 0.5) is 0 Å². The Hall–Kier alpha value is -1.04. The highest BCUT2D eigenvalue weighted by Crippen LogP contribution is 2.26. The lowest BCUT2D eigenvalue weighted by atomic mass is 9.84. The third-order valence-electron chi connectivity index (χ3n) is 2.60. The molecule has 0 bridgehead atoms. The Morgan fingerprint density at radius 2 is 1.50 bits per heavy atom. The lowest BCUT2D eigenvalue weighted by molar-refractivity contribution is 0.494. The molecule has 1 aromatic rings. The molecule has 0 aliphatic rings. The van der Waals surface area contributed by atoms with E-state index in [1.54, 1.807) is 0 Å². The Balaban J connectivity index is 0.00000106.